The summed E-state index contributed by atoms with van der Waals surface area (Å²) in [7, 11) is 0. The topological polar surface area (TPSA) is 97.4 Å². The molecule has 0 fully saturated rings. The molecule has 3 amide bonds. The van der Waals surface area contributed by atoms with Crippen LogP contribution in [0.1, 0.15) is 26.5 Å². The van der Waals surface area contributed by atoms with Crippen LogP contribution in [-0.4, -0.2) is 35.0 Å². The van der Waals surface area contributed by atoms with Crippen molar-refractivity contribution in [3.8, 4) is 9.88 Å². The van der Waals surface area contributed by atoms with E-state index in [1.54, 1.807) is 37.5 Å². The molecule has 0 aliphatic heterocycles. The van der Waals surface area contributed by atoms with Crippen LogP contribution < -0.4 is 10.6 Å². The fourth-order valence-electron chi connectivity index (χ4n) is 1.78. The second kappa shape index (κ2) is 8.21. The lowest BCUT2D eigenvalue weighted by Gasteiger charge is -2.20. The van der Waals surface area contributed by atoms with Gasteiger partial charge in [-0.2, -0.15) is 0 Å². The molecule has 134 valence electrons. The van der Waals surface area contributed by atoms with Gasteiger partial charge in [0.25, 0.3) is 5.91 Å². The van der Waals surface area contributed by atoms with Gasteiger partial charge in [0.1, 0.15) is 5.01 Å². The Morgan fingerprint density at radius 3 is 2.64 bits per heavy atom. The van der Waals surface area contributed by atoms with Crippen molar-refractivity contribution < 1.29 is 19.1 Å². The Hall–Kier alpha value is -2.26. The molecule has 2 N–H and O–H groups in total. The summed E-state index contributed by atoms with van der Waals surface area (Å²) >= 11 is 3.02. The Labute approximate surface area is 153 Å². The van der Waals surface area contributed by atoms with Crippen molar-refractivity contribution in [3.63, 3.8) is 0 Å². The van der Waals surface area contributed by atoms with Gasteiger partial charge in [-0.05, 0) is 32.2 Å². The monoisotopic (exact) mass is 381 g/mol. The summed E-state index contributed by atoms with van der Waals surface area (Å²) in [6.45, 7) is 4.85. The maximum absolute atomic E-state index is 11.8. The fourth-order valence-corrected chi connectivity index (χ4v) is 3.41. The first-order valence-electron chi connectivity index (χ1n) is 7.49. The van der Waals surface area contributed by atoms with Gasteiger partial charge in [-0.3, -0.25) is 14.9 Å². The average Bonchev–Trinajstić information content (AvgIpc) is 3.13. The zero-order valence-corrected chi connectivity index (χ0v) is 15.8. The molecule has 0 aromatic carbocycles. The molecule has 2 aromatic heterocycles. The minimum absolute atomic E-state index is 0.0245. The van der Waals surface area contributed by atoms with Gasteiger partial charge in [-0.15, -0.1) is 22.7 Å². The maximum atomic E-state index is 11.8. The van der Waals surface area contributed by atoms with E-state index < -0.39 is 30.1 Å². The van der Waals surface area contributed by atoms with Crippen molar-refractivity contribution in [3.05, 3.63) is 28.6 Å². The molecule has 2 heterocycles. The number of urea groups is 1. The largest absolute Gasteiger partial charge is 0.455 e. The van der Waals surface area contributed by atoms with E-state index in [2.05, 4.69) is 15.6 Å². The van der Waals surface area contributed by atoms with E-state index >= 15 is 0 Å². The Morgan fingerprint density at radius 2 is 2.00 bits per heavy atom. The number of aromatic nitrogens is 1. The minimum Gasteiger partial charge on any atom is -0.455 e. The summed E-state index contributed by atoms with van der Waals surface area (Å²) in [6.07, 6.45) is -0.0245. The highest BCUT2D eigenvalue weighted by atomic mass is 32.1. The smallest absolute Gasteiger partial charge is 0.321 e. The lowest BCUT2D eigenvalue weighted by Crippen LogP contribution is -2.49. The third-order valence-corrected chi connectivity index (χ3v) is 4.65. The zero-order valence-electron chi connectivity index (χ0n) is 14.1. The molecule has 0 saturated heterocycles. The van der Waals surface area contributed by atoms with Gasteiger partial charge < -0.3 is 10.1 Å². The van der Waals surface area contributed by atoms with Crippen molar-refractivity contribution in [1.29, 1.82) is 0 Å². The number of rotatable bonds is 5. The molecular weight excluding hydrogens is 362 g/mol. The fraction of sp³-hybridized carbons (Fsp3) is 0.375. The van der Waals surface area contributed by atoms with Gasteiger partial charge in [-0.1, -0.05) is 6.07 Å². The molecule has 0 spiro atoms. The number of nitrogens with one attached hydrogen (secondary N) is 2. The third kappa shape index (κ3) is 6.63. The number of hydrogen-bond acceptors (Lipinski definition) is 7. The molecule has 2 rings (SSSR count). The number of thiazole rings is 1. The van der Waals surface area contributed by atoms with E-state index in [1.165, 1.54) is 11.3 Å². The summed E-state index contributed by atoms with van der Waals surface area (Å²) in [5.74, 6) is -1.26. The van der Waals surface area contributed by atoms with Crippen LogP contribution in [0.25, 0.3) is 9.88 Å². The summed E-state index contributed by atoms with van der Waals surface area (Å²) in [5.41, 5.74) is 0.121. The Morgan fingerprint density at radius 1 is 1.24 bits per heavy atom. The Bertz CT molecular complexity index is 748. The number of carbonyl (C=O) groups excluding carboxylic acids is 3. The Balaban J connectivity index is 1.75. The molecule has 2 aromatic rings. The molecule has 0 unspecified atom stereocenters. The van der Waals surface area contributed by atoms with E-state index in [9.17, 15) is 14.4 Å². The molecule has 0 aliphatic carbocycles. The van der Waals surface area contributed by atoms with Gasteiger partial charge in [0.05, 0.1) is 17.0 Å². The number of nitrogens with zero attached hydrogens (tertiary/aromatic N) is 1. The quantitative estimate of drug-likeness (QED) is 0.776. The van der Waals surface area contributed by atoms with Crippen molar-refractivity contribution >= 4 is 40.6 Å². The van der Waals surface area contributed by atoms with E-state index in [0.29, 0.717) is 5.69 Å². The van der Waals surface area contributed by atoms with E-state index in [0.717, 1.165) is 9.88 Å². The lowest BCUT2D eigenvalue weighted by atomic mass is 10.1. The van der Waals surface area contributed by atoms with Crippen LogP contribution >= 0.6 is 22.7 Å². The molecule has 9 heteroatoms. The number of carbonyl (C=O) groups is 3. The first-order valence-corrected chi connectivity index (χ1v) is 9.25. The average molecular weight is 381 g/mol. The molecule has 0 aliphatic rings. The number of imide groups is 1. The summed E-state index contributed by atoms with van der Waals surface area (Å²) < 4.78 is 4.87. The number of esters is 1. The van der Waals surface area contributed by atoms with Crippen LogP contribution in [0.15, 0.2) is 22.9 Å². The van der Waals surface area contributed by atoms with Gasteiger partial charge in [0, 0.05) is 10.9 Å². The molecule has 7 nitrogen and oxygen atoms in total. The van der Waals surface area contributed by atoms with Crippen LogP contribution in [-0.2, 0) is 20.7 Å². The predicted molar refractivity (Wildman–Crippen MR) is 96.5 cm³/mol. The minimum atomic E-state index is -0.687. The zero-order chi connectivity index (χ0) is 18.4. The first-order chi connectivity index (χ1) is 11.7. The SMILES string of the molecule is CC(C)(C)NC(=O)NC(=O)COC(=O)Cc1csc(-c2cccs2)n1. The number of ether oxygens (including phenoxy) is 1. The first kappa shape index (κ1) is 19.1. The van der Waals surface area contributed by atoms with Crippen LogP contribution in [0.3, 0.4) is 0 Å². The van der Waals surface area contributed by atoms with Crippen LogP contribution in [0.5, 0.6) is 0 Å². The lowest BCUT2D eigenvalue weighted by molar-refractivity contribution is -0.147. The van der Waals surface area contributed by atoms with Crippen molar-refractivity contribution in [1.82, 2.24) is 15.6 Å². The van der Waals surface area contributed by atoms with Crippen LogP contribution in [0.4, 0.5) is 4.79 Å². The van der Waals surface area contributed by atoms with E-state index in [-0.39, 0.29) is 6.42 Å². The van der Waals surface area contributed by atoms with E-state index in [4.69, 9.17) is 4.74 Å². The summed E-state index contributed by atoms with van der Waals surface area (Å²) in [4.78, 5) is 40.3. The second-order valence-electron chi connectivity index (χ2n) is 6.21. The highest BCUT2D eigenvalue weighted by Gasteiger charge is 2.17. The summed E-state index contributed by atoms with van der Waals surface area (Å²) in [5, 5.41) is 9.26. The van der Waals surface area contributed by atoms with Crippen LogP contribution in [0.2, 0.25) is 0 Å². The predicted octanol–water partition coefficient (Wildman–Crippen LogP) is 2.58. The number of amides is 3. The van der Waals surface area contributed by atoms with Crippen molar-refractivity contribution in [2.75, 3.05) is 6.61 Å². The molecule has 0 atom stereocenters. The van der Waals surface area contributed by atoms with Crippen molar-refractivity contribution in [2.24, 2.45) is 0 Å². The third-order valence-electron chi connectivity index (χ3n) is 2.71. The Kier molecular flexibility index (Phi) is 6.27. The van der Waals surface area contributed by atoms with Crippen molar-refractivity contribution in [2.45, 2.75) is 32.7 Å². The molecule has 25 heavy (non-hydrogen) atoms. The highest BCUT2D eigenvalue weighted by molar-refractivity contribution is 7.20. The molecule has 0 radical (unpaired) electrons. The summed E-state index contributed by atoms with van der Waals surface area (Å²) in [6, 6.07) is 3.26. The van der Waals surface area contributed by atoms with Gasteiger partial charge in [-0.25, -0.2) is 9.78 Å². The number of thiophene rings is 1. The maximum Gasteiger partial charge on any atom is 0.321 e. The normalized spacial score (nSPS) is 11.0. The van der Waals surface area contributed by atoms with Gasteiger partial charge >= 0.3 is 12.0 Å². The van der Waals surface area contributed by atoms with Gasteiger partial charge in [0.15, 0.2) is 6.61 Å². The molecule has 0 saturated carbocycles. The highest BCUT2D eigenvalue weighted by Crippen LogP contribution is 2.27. The van der Waals surface area contributed by atoms with Crippen LogP contribution in [0, 0.1) is 0 Å². The molecule has 0 bridgehead atoms. The second-order valence-corrected chi connectivity index (χ2v) is 8.02. The molecular formula is C16H19N3O4S2. The standard InChI is InChI=1S/C16H19N3O4S2/c1-16(2,3)19-15(22)18-12(20)8-23-13(21)7-10-9-25-14(17-10)11-5-4-6-24-11/h4-6,9H,7-8H2,1-3H3,(H2,18,19,20,22). The van der Waals surface area contributed by atoms with Gasteiger partial charge in [0.2, 0.25) is 0 Å². The number of hydrogen-bond donors (Lipinski definition) is 2. The van der Waals surface area contributed by atoms with E-state index in [1.807, 2.05) is 17.5 Å².